The van der Waals surface area contributed by atoms with Gasteiger partial charge in [-0.2, -0.15) is 0 Å². The Morgan fingerprint density at radius 3 is 1.31 bits per heavy atom. The summed E-state index contributed by atoms with van der Waals surface area (Å²) in [6, 6.07) is 10.7. The van der Waals surface area contributed by atoms with Crippen molar-refractivity contribution >= 4 is 22.7 Å². The first-order valence-electron chi connectivity index (χ1n) is 12.7. The maximum atomic E-state index is 2.48. The number of para-hydroxylation sites is 1. The second-order valence-electron chi connectivity index (χ2n) is 8.63. The maximum Gasteiger partial charge on any atom is 0.0366 e. The molecule has 0 amide bonds. The lowest BCUT2D eigenvalue weighted by molar-refractivity contribution is 0.538. The second-order valence-corrected chi connectivity index (χ2v) is 8.63. The first-order chi connectivity index (χ1) is 13.9. The Morgan fingerprint density at radius 2 is 0.931 bits per heavy atom. The highest BCUT2D eigenvalue weighted by Gasteiger charge is 2.09. The van der Waals surface area contributed by atoms with Crippen molar-refractivity contribution < 1.29 is 0 Å². The summed E-state index contributed by atoms with van der Waals surface area (Å²) in [5.41, 5.74) is 1.39. The fourth-order valence-corrected chi connectivity index (χ4v) is 4.06. The molecule has 0 spiro atoms. The Bertz CT molecular complexity index is 400. The van der Waals surface area contributed by atoms with E-state index < -0.39 is 0 Å². The van der Waals surface area contributed by atoms with Crippen LogP contribution in [0.2, 0.25) is 0 Å². The van der Waals surface area contributed by atoms with Gasteiger partial charge in [-0.3, -0.25) is 0 Å². The van der Waals surface area contributed by atoms with Crippen molar-refractivity contribution in [2.75, 3.05) is 18.0 Å². The number of piperidine rings is 1. The van der Waals surface area contributed by atoms with Crippen molar-refractivity contribution in [1.29, 1.82) is 0 Å². The number of rotatable bonds is 14. The van der Waals surface area contributed by atoms with Crippen LogP contribution in [0.15, 0.2) is 30.3 Å². The maximum absolute atomic E-state index is 2.48. The molecule has 2 rings (SSSR count). The molecule has 0 atom stereocenters. The van der Waals surface area contributed by atoms with Gasteiger partial charge in [0.05, 0.1) is 0 Å². The largest absolute Gasteiger partial charge is 0.372 e. The van der Waals surface area contributed by atoms with Crippen molar-refractivity contribution in [1.82, 2.24) is 0 Å². The molecule has 0 N–H and O–H groups in total. The van der Waals surface area contributed by atoms with E-state index in [4.69, 9.17) is 0 Å². The molecule has 0 aliphatic carbocycles. The van der Waals surface area contributed by atoms with Crippen LogP contribution < -0.4 is 4.90 Å². The van der Waals surface area contributed by atoms with Gasteiger partial charge >= 0.3 is 0 Å². The minimum atomic E-state index is 0. The van der Waals surface area contributed by atoms with Crippen molar-refractivity contribution in [3.05, 3.63) is 30.3 Å². The molecule has 0 aromatic heterocycles. The quantitative estimate of drug-likeness (QED) is 0.246. The summed E-state index contributed by atoms with van der Waals surface area (Å²) in [4.78, 5) is 2.48. The van der Waals surface area contributed by atoms with E-state index in [9.17, 15) is 0 Å². The highest BCUT2D eigenvalue weighted by Crippen LogP contribution is 2.18. The Balaban J connectivity index is 0.000000537. The SMILES string of the molecule is Br.CCCCCCCCCCCCCCCC.c1ccc(N2CCCCC2)cc1. The number of anilines is 1. The van der Waals surface area contributed by atoms with E-state index in [0.717, 1.165) is 0 Å². The minimum absolute atomic E-state index is 0. The van der Waals surface area contributed by atoms with Gasteiger partial charge in [0.25, 0.3) is 0 Å². The molecule has 1 aromatic rings. The summed E-state index contributed by atoms with van der Waals surface area (Å²) >= 11 is 0. The second kappa shape index (κ2) is 22.2. The predicted molar refractivity (Wildman–Crippen MR) is 139 cm³/mol. The van der Waals surface area contributed by atoms with Crippen LogP contribution in [0.3, 0.4) is 0 Å². The summed E-state index contributed by atoms with van der Waals surface area (Å²) in [7, 11) is 0. The van der Waals surface area contributed by atoms with Crippen molar-refractivity contribution in [2.24, 2.45) is 0 Å². The van der Waals surface area contributed by atoms with Crippen LogP contribution >= 0.6 is 17.0 Å². The first kappa shape index (κ1) is 28.5. The number of hydrogen-bond acceptors (Lipinski definition) is 1. The van der Waals surface area contributed by atoms with Gasteiger partial charge < -0.3 is 4.90 Å². The van der Waals surface area contributed by atoms with E-state index in [-0.39, 0.29) is 17.0 Å². The Hall–Kier alpha value is -0.500. The molecular weight excluding hydrogens is 418 g/mol. The van der Waals surface area contributed by atoms with Crippen molar-refractivity contribution in [3.8, 4) is 0 Å². The molecule has 29 heavy (non-hydrogen) atoms. The topological polar surface area (TPSA) is 3.24 Å². The van der Waals surface area contributed by atoms with Crippen LogP contribution in [0.25, 0.3) is 0 Å². The average Bonchev–Trinajstić information content (AvgIpc) is 2.76. The smallest absolute Gasteiger partial charge is 0.0366 e. The first-order valence-corrected chi connectivity index (χ1v) is 12.7. The third-order valence-electron chi connectivity index (χ3n) is 5.93. The van der Waals surface area contributed by atoms with E-state index in [2.05, 4.69) is 49.1 Å². The minimum Gasteiger partial charge on any atom is -0.372 e. The van der Waals surface area contributed by atoms with Crippen LogP contribution in [0.5, 0.6) is 0 Å². The van der Waals surface area contributed by atoms with Crippen LogP contribution in [-0.4, -0.2) is 13.1 Å². The number of unbranched alkanes of at least 4 members (excludes halogenated alkanes) is 13. The lowest BCUT2D eigenvalue weighted by Crippen LogP contribution is -2.29. The Morgan fingerprint density at radius 1 is 0.552 bits per heavy atom. The van der Waals surface area contributed by atoms with E-state index in [1.54, 1.807) is 0 Å². The van der Waals surface area contributed by atoms with E-state index >= 15 is 0 Å². The molecule has 2 heteroatoms. The molecule has 0 unspecified atom stereocenters. The molecule has 1 aromatic carbocycles. The average molecular weight is 469 g/mol. The predicted octanol–water partition coefficient (Wildman–Crippen LogP) is 9.74. The molecule has 1 heterocycles. The summed E-state index contributed by atoms with van der Waals surface area (Å²) in [6.45, 7) is 7.06. The van der Waals surface area contributed by atoms with Gasteiger partial charge in [0.1, 0.15) is 0 Å². The van der Waals surface area contributed by atoms with Crippen LogP contribution in [-0.2, 0) is 0 Å². The molecule has 0 bridgehead atoms. The third kappa shape index (κ3) is 16.9. The van der Waals surface area contributed by atoms with Gasteiger partial charge in [0, 0.05) is 18.8 Å². The van der Waals surface area contributed by atoms with Crippen molar-refractivity contribution in [2.45, 2.75) is 123 Å². The van der Waals surface area contributed by atoms with Gasteiger partial charge in [-0.05, 0) is 31.4 Å². The summed E-state index contributed by atoms with van der Waals surface area (Å²) in [6.07, 6.45) is 24.5. The molecule has 1 nitrogen and oxygen atoms in total. The lowest BCUT2D eigenvalue weighted by atomic mass is 10.0. The number of hydrogen-bond donors (Lipinski definition) is 0. The fraction of sp³-hybridized carbons (Fsp3) is 0.778. The fourth-order valence-electron chi connectivity index (χ4n) is 4.06. The number of halogens is 1. The third-order valence-corrected chi connectivity index (χ3v) is 5.93. The molecule has 1 aliphatic heterocycles. The number of nitrogens with zero attached hydrogens (tertiary/aromatic N) is 1. The standard InChI is InChI=1S/C16H34.C11H15N.BrH/c1-3-5-7-9-11-13-15-16-14-12-10-8-6-4-2;1-3-7-11(8-4-1)12-9-5-2-6-10-12;/h3-16H2,1-2H3;1,3-4,7-8H,2,5-6,9-10H2;1H. The van der Waals surface area contributed by atoms with Gasteiger partial charge in [-0.25, -0.2) is 0 Å². The zero-order valence-electron chi connectivity index (χ0n) is 19.7. The Kier molecular flexibility index (Phi) is 21.8. The summed E-state index contributed by atoms with van der Waals surface area (Å²) in [5.74, 6) is 0. The van der Waals surface area contributed by atoms with Crippen LogP contribution in [0.1, 0.15) is 123 Å². The molecule has 0 saturated carbocycles. The van der Waals surface area contributed by atoms with Gasteiger partial charge in [0.2, 0.25) is 0 Å². The number of benzene rings is 1. The normalized spacial score (nSPS) is 13.4. The molecule has 0 radical (unpaired) electrons. The van der Waals surface area contributed by atoms with Crippen LogP contribution in [0.4, 0.5) is 5.69 Å². The summed E-state index contributed by atoms with van der Waals surface area (Å²) in [5, 5.41) is 0. The van der Waals surface area contributed by atoms with E-state index in [0.29, 0.717) is 0 Å². The molecule has 1 saturated heterocycles. The highest BCUT2D eigenvalue weighted by atomic mass is 79.9. The zero-order valence-corrected chi connectivity index (χ0v) is 21.4. The highest BCUT2D eigenvalue weighted by molar-refractivity contribution is 8.93. The van der Waals surface area contributed by atoms with Crippen molar-refractivity contribution in [3.63, 3.8) is 0 Å². The monoisotopic (exact) mass is 467 g/mol. The van der Waals surface area contributed by atoms with Crippen LogP contribution in [0, 0.1) is 0 Å². The van der Waals surface area contributed by atoms with Gasteiger partial charge in [-0.1, -0.05) is 122 Å². The molecule has 1 aliphatic rings. The molecule has 170 valence electrons. The van der Waals surface area contributed by atoms with E-state index in [1.165, 1.54) is 128 Å². The molecular formula is C27H50BrN. The summed E-state index contributed by atoms with van der Waals surface area (Å²) < 4.78 is 0. The zero-order chi connectivity index (χ0) is 20.1. The molecule has 1 fully saturated rings. The Labute approximate surface area is 193 Å². The van der Waals surface area contributed by atoms with Gasteiger partial charge in [0.15, 0.2) is 0 Å². The van der Waals surface area contributed by atoms with Gasteiger partial charge in [-0.15, -0.1) is 17.0 Å². The lowest BCUT2D eigenvalue weighted by Gasteiger charge is -2.28. The van der Waals surface area contributed by atoms with E-state index in [1.807, 2.05) is 0 Å².